The van der Waals surface area contributed by atoms with Gasteiger partial charge in [-0.3, -0.25) is 9.59 Å². The quantitative estimate of drug-likeness (QED) is 0.477. The molecule has 0 atom stereocenters. The van der Waals surface area contributed by atoms with E-state index in [0.29, 0.717) is 22.0 Å². The summed E-state index contributed by atoms with van der Waals surface area (Å²) < 4.78 is 26.9. The van der Waals surface area contributed by atoms with Crippen molar-refractivity contribution in [2.24, 2.45) is 0 Å². The predicted octanol–water partition coefficient (Wildman–Crippen LogP) is 3.90. The number of benzene rings is 3. The molecule has 0 aliphatic carbocycles. The lowest BCUT2D eigenvalue weighted by Gasteiger charge is -2.10. The molecule has 3 aromatic rings. The lowest BCUT2D eigenvalue weighted by atomic mass is 10.2. The maximum Gasteiger partial charge on any atom is 0.255 e. The second kappa shape index (κ2) is 10.2. The molecule has 0 saturated heterocycles. The number of halogens is 1. The van der Waals surface area contributed by atoms with Crippen LogP contribution in [-0.4, -0.2) is 26.8 Å². The normalized spacial score (nSPS) is 11.0. The zero-order chi connectivity index (χ0) is 22.3. The first-order valence-corrected chi connectivity index (χ1v) is 11.2. The maximum atomic E-state index is 12.2. The van der Waals surface area contributed by atoms with Gasteiger partial charge in [0.1, 0.15) is 0 Å². The van der Waals surface area contributed by atoms with Crippen molar-refractivity contribution in [2.45, 2.75) is 11.3 Å². The highest BCUT2D eigenvalue weighted by Crippen LogP contribution is 2.17. The highest BCUT2D eigenvalue weighted by Gasteiger charge is 2.14. The van der Waals surface area contributed by atoms with E-state index >= 15 is 0 Å². The van der Waals surface area contributed by atoms with Gasteiger partial charge in [0.15, 0.2) is 0 Å². The lowest BCUT2D eigenvalue weighted by molar-refractivity contribution is -0.116. The number of rotatable bonds is 8. The van der Waals surface area contributed by atoms with Gasteiger partial charge in [0, 0.05) is 34.9 Å². The van der Waals surface area contributed by atoms with Crippen LogP contribution in [-0.2, 0) is 14.8 Å². The Balaban J connectivity index is 1.53. The van der Waals surface area contributed by atoms with E-state index in [0.717, 1.165) is 0 Å². The Bertz CT molecular complexity index is 1180. The molecular weight excluding hydrogens is 438 g/mol. The molecule has 0 aromatic heterocycles. The number of carbonyl (C=O) groups excluding carboxylic acids is 2. The van der Waals surface area contributed by atoms with Crippen LogP contribution in [0.25, 0.3) is 0 Å². The van der Waals surface area contributed by atoms with Gasteiger partial charge in [-0.1, -0.05) is 41.9 Å². The van der Waals surface area contributed by atoms with Gasteiger partial charge in [0.2, 0.25) is 15.9 Å². The molecule has 0 radical (unpaired) electrons. The van der Waals surface area contributed by atoms with E-state index in [2.05, 4.69) is 15.4 Å². The summed E-state index contributed by atoms with van der Waals surface area (Å²) in [6.07, 6.45) is -0.0690. The summed E-state index contributed by atoms with van der Waals surface area (Å²) in [5.41, 5.74) is 1.52. The van der Waals surface area contributed by atoms with Gasteiger partial charge >= 0.3 is 0 Å². The monoisotopic (exact) mass is 457 g/mol. The lowest BCUT2D eigenvalue weighted by Crippen LogP contribution is -2.27. The first-order valence-electron chi connectivity index (χ1n) is 9.35. The third kappa shape index (κ3) is 6.65. The number of anilines is 2. The van der Waals surface area contributed by atoms with Crippen molar-refractivity contribution in [3.63, 3.8) is 0 Å². The van der Waals surface area contributed by atoms with Gasteiger partial charge in [-0.15, -0.1) is 0 Å². The van der Waals surface area contributed by atoms with Gasteiger partial charge in [-0.25, -0.2) is 13.1 Å². The molecule has 0 aliphatic rings. The Hall–Kier alpha value is -3.20. The third-order valence-corrected chi connectivity index (χ3v) is 5.88. The summed E-state index contributed by atoms with van der Waals surface area (Å²) in [6.45, 7) is -0.0783. The zero-order valence-corrected chi connectivity index (χ0v) is 17.9. The molecule has 0 fully saturated rings. The number of amides is 2. The second-order valence-corrected chi connectivity index (χ2v) is 8.76. The molecular formula is C22H20ClN3O4S. The molecule has 3 rings (SSSR count). The predicted molar refractivity (Wildman–Crippen MR) is 121 cm³/mol. The zero-order valence-electron chi connectivity index (χ0n) is 16.3. The summed E-state index contributed by atoms with van der Waals surface area (Å²) in [4.78, 5) is 24.5. The van der Waals surface area contributed by atoms with E-state index in [1.807, 2.05) is 6.07 Å². The number of carbonyl (C=O) groups is 2. The minimum Gasteiger partial charge on any atom is -0.326 e. The van der Waals surface area contributed by atoms with E-state index in [1.165, 1.54) is 18.2 Å². The van der Waals surface area contributed by atoms with Crippen molar-refractivity contribution in [1.82, 2.24) is 4.72 Å². The number of nitrogens with one attached hydrogen (secondary N) is 3. The minimum absolute atomic E-state index is 0.0299. The van der Waals surface area contributed by atoms with Gasteiger partial charge in [0.25, 0.3) is 5.91 Å². The first-order chi connectivity index (χ1) is 14.8. The molecule has 9 heteroatoms. The molecule has 2 amide bonds. The molecule has 3 aromatic carbocycles. The first kappa shape index (κ1) is 22.5. The van der Waals surface area contributed by atoms with Crippen LogP contribution in [0.1, 0.15) is 16.8 Å². The third-order valence-electron chi connectivity index (χ3n) is 4.19. The molecule has 3 N–H and O–H groups in total. The van der Waals surface area contributed by atoms with E-state index in [1.54, 1.807) is 54.6 Å². The average Bonchev–Trinajstić information content (AvgIpc) is 2.74. The van der Waals surface area contributed by atoms with E-state index in [-0.39, 0.29) is 29.7 Å². The Kier molecular flexibility index (Phi) is 7.41. The summed E-state index contributed by atoms with van der Waals surface area (Å²) in [7, 11) is -3.76. The maximum absolute atomic E-state index is 12.2. The van der Waals surface area contributed by atoms with Crippen LogP contribution < -0.4 is 15.4 Å². The van der Waals surface area contributed by atoms with Crippen LogP contribution in [0.4, 0.5) is 11.4 Å². The van der Waals surface area contributed by atoms with E-state index in [9.17, 15) is 18.0 Å². The molecule has 31 heavy (non-hydrogen) atoms. The highest BCUT2D eigenvalue weighted by molar-refractivity contribution is 7.89. The van der Waals surface area contributed by atoms with Crippen LogP contribution >= 0.6 is 11.6 Å². The van der Waals surface area contributed by atoms with Gasteiger partial charge in [-0.2, -0.15) is 0 Å². The molecule has 0 spiro atoms. The van der Waals surface area contributed by atoms with E-state index in [4.69, 9.17) is 11.6 Å². The molecule has 0 aliphatic heterocycles. The molecule has 0 bridgehead atoms. The molecule has 0 heterocycles. The van der Waals surface area contributed by atoms with Crippen molar-refractivity contribution < 1.29 is 18.0 Å². The summed E-state index contributed by atoms with van der Waals surface area (Å²) in [5, 5.41) is 5.75. The van der Waals surface area contributed by atoms with Crippen molar-refractivity contribution in [2.75, 3.05) is 17.2 Å². The Labute approximate surface area is 185 Å². The Morgan fingerprint density at radius 3 is 2.19 bits per heavy atom. The van der Waals surface area contributed by atoms with Crippen LogP contribution in [0.15, 0.2) is 83.8 Å². The van der Waals surface area contributed by atoms with Crippen LogP contribution in [0.2, 0.25) is 5.02 Å². The number of sulfonamides is 1. The summed E-state index contributed by atoms with van der Waals surface area (Å²) in [6, 6.07) is 21.3. The largest absolute Gasteiger partial charge is 0.326 e. The smallest absolute Gasteiger partial charge is 0.255 e. The fourth-order valence-electron chi connectivity index (χ4n) is 2.71. The molecule has 0 unspecified atom stereocenters. The van der Waals surface area contributed by atoms with Crippen molar-refractivity contribution >= 4 is 44.8 Å². The minimum atomic E-state index is -3.76. The van der Waals surface area contributed by atoms with Crippen molar-refractivity contribution in [3.05, 3.63) is 89.4 Å². The second-order valence-electron chi connectivity index (χ2n) is 6.55. The molecule has 0 saturated carbocycles. The van der Waals surface area contributed by atoms with Crippen LogP contribution in [0.5, 0.6) is 0 Å². The number of hydrogen-bond donors (Lipinski definition) is 3. The van der Waals surface area contributed by atoms with Gasteiger partial charge in [-0.05, 0) is 48.5 Å². The topological polar surface area (TPSA) is 104 Å². The Morgan fingerprint density at radius 1 is 0.806 bits per heavy atom. The van der Waals surface area contributed by atoms with E-state index < -0.39 is 10.0 Å². The Morgan fingerprint density at radius 2 is 1.48 bits per heavy atom. The average molecular weight is 458 g/mol. The SMILES string of the molecule is O=C(CCNS(=O)(=O)c1cccc(Cl)c1)Nc1cccc(NC(=O)c2ccccc2)c1. The van der Waals surface area contributed by atoms with Crippen molar-refractivity contribution in [3.8, 4) is 0 Å². The summed E-state index contributed by atoms with van der Waals surface area (Å²) in [5.74, 6) is -0.639. The number of hydrogen-bond acceptors (Lipinski definition) is 4. The molecule has 7 nitrogen and oxygen atoms in total. The fraction of sp³-hybridized carbons (Fsp3) is 0.0909. The fourth-order valence-corrected chi connectivity index (χ4v) is 4.04. The van der Waals surface area contributed by atoms with Gasteiger partial charge in [0.05, 0.1) is 4.90 Å². The van der Waals surface area contributed by atoms with Crippen LogP contribution in [0, 0.1) is 0 Å². The van der Waals surface area contributed by atoms with Crippen molar-refractivity contribution in [1.29, 1.82) is 0 Å². The molecule has 160 valence electrons. The highest BCUT2D eigenvalue weighted by atomic mass is 35.5. The van der Waals surface area contributed by atoms with Gasteiger partial charge < -0.3 is 10.6 Å². The summed E-state index contributed by atoms with van der Waals surface area (Å²) >= 11 is 5.82. The standard InChI is InChI=1S/C22H20ClN3O4S/c23-17-8-4-11-20(14-17)31(29,30)24-13-12-21(27)25-18-9-5-10-19(15-18)26-22(28)16-6-2-1-3-7-16/h1-11,14-15,24H,12-13H2,(H,25,27)(H,26,28). The van der Waals surface area contributed by atoms with Crippen LogP contribution in [0.3, 0.4) is 0 Å².